The Kier molecular flexibility index (Phi) is 2.60. The van der Waals surface area contributed by atoms with E-state index in [1.165, 1.54) is 18.2 Å². The summed E-state index contributed by atoms with van der Waals surface area (Å²) in [5.41, 5.74) is -1.14. The lowest BCUT2D eigenvalue weighted by molar-refractivity contribution is -0.149. The van der Waals surface area contributed by atoms with Gasteiger partial charge in [0.25, 0.3) is 5.91 Å². The van der Waals surface area contributed by atoms with Gasteiger partial charge in [0, 0.05) is 12.5 Å². The molecule has 1 aromatic carbocycles. The molecule has 4 aliphatic rings. The van der Waals surface area contributed by atoms with E-state index in [9.17, 15) is 14.0 Å². The van der Waals surface area contributed by atoms with Crippen LogP contribution in [0.3, 0.4) is 0 Å². The number of carbonyl (C=O) groups is 2. The molecule has 1 atom stereocenters. The fraction of sp³-hybridized carbons (Fsp3) is 0.467. The highest BCUT2D eigenvalue weighted by Gasteiger charge is 2.62. The first kappa shape index (κ1) is 12.8. The van der Waals surface area contributed by atoms with Gasteiger partial charge in [-0.25, -0.2) is 14.1 Å². The van der Waals surface area contributed by atoms with E-state index < -0.39 is 23.4 Å². The largest absolute Gasteiger partial charge is 0.430 e. The minimum atomic E-state index is -1.12. The maximum absolute atomic E-state index is 13.9. The van der Waals surface area contributed by atoms with Crippen molar-refractivity contribution in [3.8, 4) is 0 Å². The van der Waals surface area contributed by atoms with Crippen LogP contribution < -0.4 is 4.90 Å². The SMILES string of the molecule is O=C1OC2(CN3CCC2CC3)C(=O)N1c1ccccc1F. The quantitative estimate of drug-likeness (QED) is 0.791. The van der Waals surface area contributed by atoms with Crippen molar-refractivity contribution in [3.63, 3.8) is 0 Å². The van der Waals surface area contributed by atoms with E-state index in [-0.39, 0.29) is 11.6 Å². The minimum absolute atomic E-state index is 0.0270. The van der Waals surface area contributed by atoms with Gasteiger partial charge >= 0.3 is 6.09 Å². The Bertz CT molecular complexity index is 627. The lowest BCUT2D eigenvalue weighted by Gasteiger charge is -2.48. The molecule has 6 heteroatoms. The van der Waals surface area contributed by atoms with E-state index in [4.69, 9.17) is 4.74 Å². The van der Waals surface area contributed by atoms with Gasteiger partial charge in [0.2, 0.25) is 5.60 Å². The Morgan fingerprint density at radius 3 is 2.52 bits per heavy atom. The number of piperidine rings is 3. The molecular weight excluding hydrogens is 275 g/mol. The second-order valence-electron chi connectivity index (χ2n) is 5.90. The molecule has 4 heterocycles. The van der Waals surface area contributed by atoms with Gasteiger partial charge in [-0.05, 0) is 38.1 Å². The van der Waals surface area contributed by atoms with Crippen molar-refractivity contribution in [1.82, 2.24) is 4.90 Å². The lowest BCUT2D eigenvalue weighted by atomic mass is 9.75. The summed E-state index contributed by atoms with van der Waals surface area (Å²) >= 11 is 0. The molecule has 110 valence electrons. The monoisotopic (exact) mass is 290 g/mol. The number of amides is 2. The molecule has 21 heavy (non-hydrogen) atoms. The molecule has 0 aromatic heterocycles. The molecule has 0 aliphatic carbocycles. The van der Waals surface area contributed by atoms with Crippen LogP contribution >= 0.6 is 0 Å². The fourth-order valence-corrected chi connectivity index (χ4v) is 3.73. The molecule has 5 rings (SSSR count). The summed E-state index contributed by atoms with van der Waals surface area (Å²) in [5, 5.41) is 0. The van der Waals surface area contributed by atoms with Gasteiger partial charge in [-0.2, -0.15) is 0 Å². The zero-order valence-corrected chi connectivity index (χ0v) is 11.4. The Labute approximate surface area is 121 Å². The molecule has 0 radical (unpaired) electrons. The van der Waals surface area contributed by atoms with Crippen LogP contribution in [0.15, 0.2) is 24.3 Å². The summed E-state index contributed by atoms with van der Waals surface area (Å²) in [5.74, 6) is -0.983. The van der Waals surface area contributed by atoms with Crippen LogP contribution in [0.2, 0.25) is 0 Å². The standard InChI is InChI=1S/C15H15FN2O3/c16-11-3-1-2-4-12(11)18-13(19)15(21-14(18)20)9-17-7-5-10(15)6-8-17/h1-4,10H,5-9H2. The van der Waals surface area contributed by atoms with Gasteiger partial charge < -0.3 is 4.74 Å². The molecule has 4 fully saturated rings. The van der Waals surface area contributed by atoms with Crippen molar-refractivity contribution in [2.45, 2.75) is 18.4 Å². The predicted molar refractivity (Wildman–Crippen MR) is 72.3 cm³/mol. The molecule has 1 unspecified atom stereocenters. The average Bonchev–Trinajstić information content (AvgIpc) is 2.72. The Morgan fingerprint density at radius 1 is 1.19 bits per heavy atom. The number of hydrogen-bond acceptors (Lipinski definition) is 4. The van der Waals surface area contributed by atoms with E-state index in [0.29, 0.717) is 6.54 Å². The van der Waals surface area contributed by atoms with E-state index in [1.54, 1.807) is 6.07 Å². The molecule has 0 saturated carbocycles. The topological polar surface area (TPSA) is 49.9 Å². The number of rotatable bonds is 1. The highest BCUT2D eigenvalue weighted by molar-refractivity contribution is 6.20. The van der Waals surface area contributed by atoms with Crippen LogP contribution in [-0.2, 0) is 9.53 Å². The van der Waals surface area contributed by atoms with Gasteiger partial charge in [0.1, 0.15) is 5.82 Å². The number of imide groups is 1. The summed E-state index contributed by atoms with van der Waals surface area (Å²) in [4.78, 5) is 28.0. The van der Waals surface area contributed by atoms with Crippen molar-refractivity contribution in [2.75, 3.05) is 24.5 Å². The van der Waals surface area contributed by atoms with Crippen LogP contribution in [0, 0.1) is 11.7 Å². The maximum atomic E-state index is 13.9. The number of ether oxygens (including phenoxy) is 1. The van der Waals surface area contributed by atoms with Gasteiger partial charge in [-0.1, -0.05) is 12.1 Å². The minimum Gasteiger partial charge on any atom is -0.430 e. The third kappa shape index (κ3) is 1.65. The lowest BCUT2D eigenvalue weighted by Crippen LogP contribution is -2.63. The fourth-order valence-electron chi connectivity index (χ4n) is 3.73. The number of fused-ring (bicyclic) bond motifs is 2. The normalized spacial score (nSPS) is 34.6. The first-order valence-electron chi connectivity index (χ1n) is 7.16. The van der Waals surface area contributed by atoms with E-state index in [2.05, 4.69) is 4.90 Å². The van der Waals surface area contributed by atoms with Gasteiger partial charge in [-0.3, -0.25) is 9.69 Å². The number of para-hydroxylation sites is 1. The summed E-state index contributed by atoms with van der Waals surface area (Å²) in [7, 11) is 0. The zero-order valence-electron chi connectivity index (χ0n) is 11.4. The molecule has 1 spiro atoms. The van der Waals surface area contributed by atoms with Crippen molar-refractivity contribution >= 4 is 17.7 Å². The van der Waals surface area contributed by atoms with Gasteiger partial charge in [-0.15, -0.1) is 0 Å². The molecule has 2 amide bonds. The number of benzene rings is 1. The maximum Gasteiger partial charge on any atom is 0.422 e. The highest BCUT2D eigenvalue weighted by atomic mass is 19.1. The van der Waals surface area contributed by atoms with Crippen molar-refractivity contribution in [3.05, 3.63) is 30.1 Å². The van der Waals surface area contributed by atoms with Crippen LogP contribution in [0.25, 0.3) is 0 Å². The molecule has 5 nitrogen and oxygen atoms in total. The Balaban J connectivity index is 1.75. The first-order chi connectivity index (χ1) is 10.1. The third-order valence-corrected chi connectivity index (χ3v) is 4.82. The zero-order chi connectivity index (χ0) is 14.6. The van der Waals surface area contributed by atoms with Gasteiger partial charge in [0.15, 0.2) is 0 Å². The molecular formula is C15H15FN2O3. The first-order valence-corrected chi connectivity index (χ1v) is 7.16. The number of hydrogen-bond donors (Lipinski definition) is 0. The predicted octanol–water partition coefficient (Wildman–Crippen LogP) is 1.77. The summed E-state index contributed by atoms with van der Waals surface area (Å²) < 4.78 is 19.4. The van der Waals surface area contributed by atoms with Crippen molar-refractivity contribution in [2.24, 2.45) is 5.92 Å². The van der Waals surface area contributed by atoms with Crippen molar-refractivity contribution in [1.29, 1.82) is 0 Å². The van der Waals surface area contributed by atoms with Crippen LogP contribution in [0.1, 0.15) is 12.8 Å². The summed E-state index contributed by atoms with van der Waals surface area (Å²) in [6.45, 7) is 2.28. The molecule has 4 saturated heterocycles. The molecule has 1 aromatic rings. The number of anilines is 1. The average molecular weight is 290 g/mol. The van der Waals surface area contributed by atoms with E-state index in [0.717, 1.165) is 30.8 Å². The highest BCUT2D eigenvalue weighted by Crippen LogP contribution is 2.44. The second-order valence-corrected chi connectivity index (χ2v) is 5.90. The number of halogens is 1. The number of carbonyl (C=O) groups excluding carboxylic acids is 2. The summed E-state index contributed by atoms with van der Waals surface area (Å²) in [6, 6.07) is 5.78. The number of nitrogens with zero attached hydrogens (tertiary/aromatic N) is 2. The van der Waals surface area contributed by atoms with Crippen molar-refractivity contribution < 1.29 is 18.7 Å². The Hall–Kier alpha value is -1.95. The van der Waals surface area contributed by atoms with Crippen LogP contribution in [-0.4, -0.2) is 42.1 Å². The second kappa shape index (κ2) is 4.27. The van der Waals surface area contributed by atoms with Crippen LogP contribution in [0.5, 0.6) is 0 Å². The van der Waals surface area contributed by atoms with Gasteiger partial charge in [0.05, 0.1) is 5.69 Å². The molecule has 0 N–H and O–H groups in total. The van der Waals surface area contributed by atoms with E-state index >= 15 is 0 Å². The third-order valence-electron chi connectivity index (χ3n) is 4.82. The molecule has 4 aliphatic heterocycles. The van der Waals surface area contributed by atoms with E-state index in [1.807, 2.05) is 0 Å². The smallest absolute Gasteiger partial charge is 0.422 e. The molecule has 2 bridgehead atoms. The Morgan fingerprint density at radius 2 is 1.90 bits per heavy atom. The van der Waals surface area contributed by atoms with Crippen LogP contribution in [0.4, 0.5) is 14.9 Å². The summed E-state index contributed by atoms with van der Waals surface area (Å²) in [6.07, 6.45) is 0.910.